The van der Waals surface area contributed by atoms with E-state index in [1.54, 1.807) is 14.2 Å². The van der Waals surface area contributed by atoms with Crippen molar-refractivity contribution in [3.8, 4) is 5.75 Å². The molecule has 0 saturated heterocycles. The van der Waals surface area contributed by atoms with Gasteiger partial charge in [0.2, 0.25) is 0 Å². The van der Waals surface area contributed by atoms with Crippen molar-refractivity contribution in [2.75, 3.05) is 14.2 Å². The third-order valence-electron chi connectivity index (χ3n) is 3.33. The van der Waals surface area contributed by atoms with Crippen LogP contribution in [0.2, 0.25) is 0 Å². The second kappa shape index (κ2) is 4.70. The Morgan fingerprint density at radius 2 is 2.18 bits per heavy atom. The lowest BCUT2D eigenvalue weighted by atomic mass is 9.94. The predicted octanol–water partition coefficient (Wildman–Crippen LogP) is 2.46. The largest absolute Gasteiger partial charge is 0.497 e. The third-order valence-corrected chi connectivity index (χ3v) is 3.33. The van der Waals surface area contributed by atoms with Gasteiger partial charge in [0.05, 0.1) is 13.0 Å². The molecule has 1 saturated carbocycles. The molecular weight excluding hydrogens is 214 g/mol. The molecule has 1 aliphatic carbocycles. The lowest BCUT2D eigenvalue weighted by Crippen LogP contribution is -2.14. The van der Waals surface area contributed by atoms with Gasteiger partial charge in [-0.3, -0.25) is 9.79 Å². The maximum absolute atomic E-state index is 12.2. The number of hydrogen-bond donors (Lipinski definition) is 0. The lowest BCUT2D eigenvalue weighted by molar-refractivity contribution is -0.121. The van der Waals surface area contributed by atoms with E-state index in [1.165, 1.54) is 0 Å². The van der Waals surface area contributed by atoms with E-state index < -0.39 is 0 Å². The van der Waals surface area contributed by atoms with E-state index in [0.717, 1.165) is 23.4 Å². The second-order valence-corrected chi connectivity index (χ2v) is 4.43. The van der Waals surface area contributed by atoms with Crippen LogP contribution < -0.4 is 4.74 Å². The fourth-order valence-corrected chi connectivity index (χ4v) is 2.38. The molecule has 90 valence electrons. The summed E-state index contributed by atoms with van der Waals surface area (Å²) in [5.74, 6) is 0.944. The van der Waals surface area contributed by atoms with Crippen LogP contribution in [0.3, 0.4) is 0 Å². The van der Waals surface area contributed by atoms with Crippen molar-refractivity contribution in [2.24, 2.45) is 10.9 Å². The number of carbonyl (C=O) groups excluding carboxylic acids is 1. The first-order valence-corrected chi connectivity index (χ1v) is 5.80. The van der Waals surface area contributed by atoms with E-state index in [0.29, 0.717) is 0 Å². The van der Waals surface area contributed by atoms with Gasteiger partial charge in [-0.2, -0.15) is 0 Å². The van der Waals surface area contributed by atoms with Crippen LogP contribution in [0.1, 0.15) is 24.8 Å². The number of methoxy groups -OCH3 is 1. The molecule has 3 nitrogen and oxygen atoms in total. The molecule has 2 rings (SSSR count). The molecule has 0 N–H and O–H groups in total. The highest BCUT2D eigenvalue weighted by Crippen LogP contribution is 2.34. The Morgan fingerprint density at radius 3 is 2.82 bits per heavy atom. The second-order valence-electron chi connectivity index (χ2n) is 4.43. The van der Waals surface area contributed by atoms with Gasteiger partial charge < -0.3 is 4.74 Å². The van der Waals surface area contributed by atoms with Gasteiger partial charge in [-0.15, -0.1) is 0 Å². The van der Waals surface area contributed by atoms with E-state index in [4.69, 9.17) is 4.74 Å². The van der Waals surface area contributed by atoms with Crippen LogP contribution in [0, 0.1) is 5.92 Å². The van der Waals surface area contributed by atoms with Gasteiger partial charge in [-0.05, 0) is 24.1 Å². The summed E-state index contributed by atoms with van der Waals surface area (Å²) in [5, 5.41) is 0. The number of ketones is 1. The van der Waals surface area contributed by atoms with E-state index in [-0.39, 0.29) is 17.6 Å². The molecule has 0 aliphatic heterocycles. The summed E-state index contributed by atoms with van der Waals surface area (Å²) in [6.45, 7) is 1.97. The summed E-state index contributed by atoms with van der Waals surface area (Å²) in [5.41, 5.74) is 1.97. The molecule has 2 atom stereocenters. The summed E-state index contributed by atoms with van der Waals surface area (Å²) in [6, 6.07) is 7.69. The number of Topliss-reactive ketones (excluding diaryl/α,β-unsaturated/α-hetero) is 1. The first-order valence-electron chi connectivity index (χ1n) is 5.80. The van der Waals surface area contributed by atoms with Crippen molar-refractivity contribution >= 4 is 11.5 Å². The molecule has 1 aromatic rings. The van der Waals surface area contributed by atoms with E-state index in [9.17, 15) is 4.79 Å². The van der Waals surface area contributed by atoms with Crippen LogP contribution >= 0.6 is 0 Å². The lowest BCUT2D eigenvalue weighted by Gasteiger charge is -2.11. The quantitative estimate of drug-likeness (QED) is 0.784. The van der Waals surface area contributed by atoms with Crippen LogP contribution in [0.15, 0.2) is 29.3 Å². The van der Waals surface area contributed by atoms with Crippen LogP contribution in [-0.2, 0) is 4.79 Å². The number of aliphatic imine (C=N–C) groups is 1. The highest BCUT2D eigenvalue weighted by Gasteiger charge is 2.37. The Bertz CT molecular complexity index is 465. The molecule has 0 amide bonds. The molecule has 0 spiro atoms. The number of benzene rings is 1. The predicted molar refractivity (Wildman–Crippen MR) is 67.9 cm³/mol. The molecule has 0 aromatic heterocycles. The number of carbonyl (C=O) groups is 1. The highest BCUT2D eigenvalue weighted by molar-refractivity contribution is 6.16. The Labute approximate surface area is 102 Å². The van der Waals surface area contributed by atoms with Crippen LogP contribution in [0.4, 0.5) is 0 Å². The molecule has 3 heteroatoms. The van der Waals surface area contributed by atoms with E-state index >= 15 is 0 Å². The third kappa shape index (κ3) is 2.09. The maximum Gasteiger partial charge on any atom is 0.149 e. The molecule has 1 aliphatic rings. The summed E-state index contributed by atoms with van der Waals surface area (Å²) in [7, 11) is 3.39. The minimum Gasteiger partial charge on any atom is -0.497 e. The minimum absolute atomic E-state index is 0.0740. The van der Waals surface area contributed by atoms with Crippen molar-refractivity contribution in [2.45, 2.75) is 19.3 Å². The van der Waals surface area contributed by atoms with Crippen molar-refractivity contribution in [1.82, 2.24) is 0 Å². The molecule has 0 radical (unpaired) electrons. The average Bonchev–Trinajstić information content (AvgIpc) is 2.65. The smallest absolute Gasteiger partial charge is 0.149 e. The zero-order chi connectivity index (χ0) is 12.4. The number of nitrogens with zero attached hydrogens (tertiary/aromatic N) is 1. The van der Waals surface area contributed by atoms with Crippen molar-refractivity contribution in [3.05, 3.63) is 29.8 Å². The normalized spacial score (nSPS) is 26.5. The minimum atomic E-state index is -0.176. The zero-order valence-electron chi connectivity index (χ0n) is 10.4. The fraction of sp³-hybridized carbons (Fsp3) is 0.429. The fourth-order valence-electron chi connectivity index (χ4n) is 2.38. The van der Waals surface area contributed by atoms with E-state index in [1.807, 2.05) is 31.2 Å². The Balaban J connectivity index is 2.40. The molecule has 0 bridgehead atoms. The Hall–Kier alpha value is -1.64. The first-order chi connectivity index (χ1) is 8.17. The van der Waals surface area contributed by atoms with Gasteiger partial charge in [-0.1, -0.05) is 19.1 Å². The number of rotatable bonds is 2. The SMILES string of the molecule is CN=C1CC(C)C(=O)C1c1cccc(OC)c1. The molecule has 17 heavy (non-hydrogen) atoms. The monoisotopic (exact) mass is 231 g/mol. The highest BCUT2D eigenvalue weighted by atomic mass is 16.5. The van der Waals surface area contributed by atoms with Gasteiger partial charge in [0.15, 0.2) is 0 Å². The van der Waals surface area contributed by atoms with Crippen molar-refractivity contribution < 1.29 is 9.53 Å². The molecule has 0 heterocycles. The standard InChI is InChI=1S/C14H17NO2/c1-9-7-12(15-2)13(14(9)16)10-5-4-6-11(8-10)17-3/h4-6,8-9,13H,7H2,1-3H3. The number of ether oxygens (including phenoxy) is 1. The van der Waals surface area contributed by atoms with Gasteiger partial charge in [0.25, 0.3) is 0 Å². The molecule has 1 aromatic carbocycles. The van der Waals surface area contributed by atoms with Gasteiger partial charge in [-0.25, -0.2) is 0 Å². The zero-order valence-corrected chi connectivity index (χ0v) is 10.4. The number of hydrogen-bond acceptors (Lipinski definition) is 3. The average molecular weight is 231 g/mol. The van der Waals surface area contributed by atoms with Crippen LogP contribution in [-0.4, -0.2) is 25.7 Å². The molecule has 2 unspecified atom stereocenters. The van der Waals surface area contributed by atoms with E-state index in [2.05, 4.69) is 4.99 Å². The van der Waals surface area contributed by atoms with Crippen molar-refractivity contribution in [1.29, 1.82) is 0 Å². The topological polar surface area (TPSA) is 38.7 Å². The van der Waals surface area contributed by atoms with Crippen LogP contribution in [0.25, 0.3) is 0 Å². The summed E-state index contributed by atoms with van der Waals surface area (Å²) < 4.78 is 5.19. The van der Waals surface area contributed by atoms with Gasteiger partial charge in [0, 0.05) is 18.7 Å². The molecule has 1 fully saturated rings. The van der Waals surface area contributed by atoms with Gasteiger partial charge >= 0.3 is 0 Å². The van der Waals surface area contributed by atoms with Gasteiger partial charge in [0.1, 0.15) is 11.5 Å². The summed E-state index contributed by atoms with van der Waals surface area (Å²) in [6.07, 6.45) is 0.775. The molecular formula is C14H17NO2. The summed E-state index contributed by atoms with van der Waals surface area (Å²) in [4.78, 5) is 16.4. The Kier molecular flexibility index (Phi) is 3.27. The maximum atomic E-state index is 12.2. The van der Waals surface area contributed by atoms with Crippen LogP contribution in [0.5, 0.6) is 5.75 Å². The summed E-state index contributed by atoms with van der Waals surface area (Å²) >= 11 is 0. The first kappa shape index (κ1) is 11.8. The Morgan fingerprint density at radius 1 is 1.41 bits per heavy atom. The van der Waals surface area contributed by atoms with Crippen molar-refractivity contribution in [3.63, 3.8) is 0 Å².